The summed E-state index contributed by atoms with van der Waals surface area (Å²) >= 11 is 7.25. The Bertz CT molecular complexity index is 340. The Morgan fingerprint density at radius 1 is 1.50 bits per heavy atom. The fourth-order valence-electron chi connectivity index (χ4n) is 1.07. The molecule has 0 aliphatic carbocycles. The molecule has 1 atom stereocenters. The van der Waals surface area contributed by atoms with Crippen LogP contribution in [0.1, 0.15) is 12.5 Å². The van der Waals surface area contributed by atoms with Crippen molar-refractivity contribution in [3.8, 4) is 0 Å². The number of nitrogens with two attached hydrogens (primary N) is 1. The van der Waals surface area contributed by atoms with Crippen molar-refractivity contribution in [3.63, 3.8) is 0 Å². The number of hydrogen-bond acceptors (Lipinski definition) is 4. The van der Waals surface area contributed by atoms with E-state index >= 15 is 0 Å². The molecule has 88 valence electrons. The average molecular weight is 260 g/mol. The molecule has 0 amide bonds. The van der Waals surface area contributed by atoms with Crippen molar-refractivity contribution >= 4 is 29.3 Å². The van der Waals surface area contributed by atoms with Crippen molar-refractivity contribution in [1.29, 1.82) is 0 Å². The van der Waals surface area contributed by atoms with Crippen LogP contribution in [0.3, 0.4) is 0 Å². The molecule has 3 nitrogen and oxygen atoms in total. The Balaban J connectivity index is 2.25. The van der Waals surface area contributed by atoms with Crippen LogP contribution in [0.4, 0.5) is 0 Å². The first-order valence-electron chi connectivity index (χ1n) is 4.85. The summed E-state index contributed by atoms with van der Waals surface area (Å²) in [5.41, 5.74) is 6.45. The van der Waals surface area contributed by atoms with E-state index in [2.05, 4.69) is 0 Å². The molecule has 0 aliphatic rings. The van der Waals surface area contributed by atoms with Crippen molar-refractivity contribution in [2.75, 3.05) is 5.75 Å². The molecule has 16 heavy (non-hydrogen) atoms. The van der Waals surface area contributed by atoms with Crippen molar-refractivity contribution in [3.05, 3.63) is 34.9 Å². The van der Waals surface area contributed by atoms with E-state index in [9.17, 15) is 4.79 Å². The van der Waals surface area contributed by atoms with Crippen LogP contribution in [-0.4, -0.2) is 18.0 Å². The Kier molecular flexibility index (Phi) is 5.66. The minimum atomic E-state index is -0.538. The maximum Gasteiger partial charge on any atom is 0.317 e. The van der Waals surface area contributed by atoms with Crippen molar-refractivity contribution in [1.82, 2.24) is 0 Å². The minimum absolute atomic E-state index is 0.283. The Hall–Kier alpha value is -0.710. The number of hydrogen-bond donors (Lipinski definition) is 1. The summed E-state index contributed by atoms with van der Waals surface area (Å²) in [5, 5.41) is 0.713. The summed E-state index contributed by atoms with van der Waals surface area (Å²) in [6, 6.07) is 7.54. The third kappa shape index (κ3) is 5.39. The zero-order valence-electron chi connectivity index (χ0n) is 8.98. The lowest BCUT2D eigenvalue weighted by atomic mass is 10.2. The Morgan fingerprint density at radius 3 is 2.69 bits per heavy atom. The molecule has 0 spiro atoms. The van der Waals surface area contributed by atoms with Crippen molar-refractivity contribution < 1.29 is 9.53 Å². The van der Waals surface area contributed by atoms with Gasteiger partial charge in [-0.25, -0.2) is 0 Å². The lowest BCUT2D eigenvalue weighted by Gasteiger charge is -2.07. The van der Waals surface area contributed by atoms with Gasteiger partial charge in [-0.05, 0) is 24.6 Å². The predicted octanol–water partition coefficient (Wildman–Crippen LogP) is 2.42. The second-order valence-electron chi connectivity index (χ2n) is 3.31. The first-order valence-corrected chi connectivity index (χ1v) is 6.38. The van der Waals surface area contributed by atoms with Gasteiger partial charge < -0.3 is 4.74 Å². The Labute approximate surface area is 104 Å². The summed E-state index contributed by atoms with van der Waals surface area (Å²) in [7, 11) is 0. The molecule has 0 radical (unpaired) electrons. The number of esters is 1. The number of carbonyl (C=O) groups excluding carboxylic acids is 1. The molecule has 2 N–H and O–H groups in total. The number of halogens is 1. The molecule has 0 saturated carbocycles. The molecular formula is C11H14ClNO2S. The van der Waals surface area contributed by atoms with Gasteiger partial charge in [0.2, 0.25) is 0 Å². The van der Waals surface area contributed by atoms with Crippen LogP contribution in [0.5, 0.6) is 0 Å². The lowest BCUT2D eigenvalue weighted by Crippen LogP contribution is -2.24. The average Bonchev–Trinajstić information content (AvgIpc) is 2.20. The first-order chi connectivity index (χ1) is 7.58. The SMILES string of the molecule is CC(N)OC(=O)CSCc1ccc(Cl)cc1. The van der Waals surface area contributed by atoms with Crippen molar-refractivity contribution in [2.45, 2.75) is 18.9 Å². The van der Waals surface area contributed by atoms with Gasteiger partial charge in [0.05, 0.1) is 5.75 Å². The smallest absolute Gasteiger partial charge is 0.317 e. The number of carbonyl (C=O) groups is 1. The van der Waals surface area contributed by atoms with E-state index in [1.165, 1.54) is 11.8 Å². The molecule has 5 heteroatoms. The van der Waals surface area contributed by atoms with E-state index in [1.807, 2.05) is 24.3 Å². The van der Waals surface area contributed by atoms with Crippen LogP contribution in [0, 0.1) is 0 Å². The Morgan fingerprint density at radius 2 is 2.12 bits per heavy atom. The quantitative estimate of drug-likeness (QED) is 0.652. The molecule has 0 saturated heterocycles. The van der Waals surface area contributed by atoms with Gasteiger partial charge >= 0.3 is 5.97 Å². The molecule has 0 aromatic heterocycles. The third-order valence-corrected chi connectivity index (χ3v) is 2.95. The van der Waals surface area contributed by atoms with Crippen LogP contribution in [0.15, 0.2) is 24.3 Å². The van der Waals surface area contributed by atoms with Gasteiger partial charge in [0.1, 0.15) is 6.23 Å². The number of ether oxygens (including phenoxy) is 1. The van der Waals surface area contributed by atoms with E-state index in [4.69, 9.17) is 22.1 Å². The highest BCUT2D eigenvalue weighted by Crippen LogP contribution is 2.15. The van der Waals surface area contributed by atoms with Gasteiger partial charge in [-0.2, -0.15) is 0 Å². The zero-order chi connectivity index (χ0) is 12.0. The van der Waals surface area contributed by atoms with Crippen LogP contribution < -0.4 is 5.73 Å². The first kappa shape index (κ1) is 13.4. The lowest BCUT2D eigenvalue weighted by molar-refractivity contribution is -0.144. The third-order valence-electron chi connectivity index (χ3n) is 1.72. The van der Waals surface area contributed by atoms with E-state index in [0.717, 1.165) is 11.3 Å². The predicted molar refractivity (Wildman–Crippen MR) is 67.4 cm³/mol. The highest BCUT2D eigenvalue weighted by atomic mass is 35.5. The molecule has 0 fully saturated rings. The van der Waals surface area contributed by atoms with Gasteiger partial charge in [-0.3, -0.25) is 10.5 Å². The van der Waals surface area contributed by atoms with E-state index < -0.39 is 6.23 Å². The van der Waals surface area contributed by atoms with Crippen LogP contribution in [0.25, 0.3) is 0 Å². The summed E-state index contributed by atoms with van der Waals surface area (Å²) in [6.45, 7) is 1.63. The van der Waals surface area contributed by atoms with Crippen LogP contribution >= 0.6 is 23.4 Å². The van der Waals surface area contributed by atoms with Crippen molar-refractivity contribution in [2.24, 2.45) is 5.73 Å². The molecule has 0 bridgehead atoms. The van der Waals surface area contributed by atoms with E-state index in [1.54, 1.807) is 6.92 Å². The van der Waals surface area contributed by atoms with Gasteiger partial charge in [0, 0.05) is 10.8 Å². The molecule has 1 unspecified atom stereocenters. The standard InChI is InChI=1S/C11H14ClNO2S/c1-8(13)15-11(14)7-16-6-9-2-4-10(12)5-3-9/h2-5,8H,6-7,13H2,1H3. The second-order valence-corrected chi connectivity index (χ2v) is 4.74. The fraction of sp³-hybridized carbons (Fsp3) is 0.364. The molecule has 0 heterocycles. The van der Waals surface area contributed by atoms with Crippen LogP contribution in [-0.2, 0) is 15.3 Å². The highest BCUT2D eigenvalue weighted by Gasteiger charge is 2.05. The summed E-state index contributed by atoms with van der Waals surface area (Å²) in [6.07, 6.45) is -0.538. The van der Waals surface area contributed by atoms with Gasteiger partial charge in [0.15, 0.2) is 0 Å². The maximum absolute atomic E-state index is 11.2. The zero-order valence-corrected chi connectivity index (χ0v) is 10.6. The van der Waals surface area contributed by atoms with E-state index in [-0.39, 0.29) is 5.97 Å². The summed E-state index contributed by atoms with van der Waals surface area (Å²) in [4.78, 5) is 11.2. The number of benzene rings is 1. The largest absolute Gasteiger partial charge is 0.446 e. The van der Waals surface area contributed by atoms with Gasteiger partial charge in [0.25, 0.3) is 0 Å². The van der Waals surface area contributed by atoms with E-state index in [0.29, 0.717) is 10.8 Å². The minimum Gasteiger partial charge on any atom is -0.446 e. The molecule has 1 aromatic carbocycles. The number of thioether (sulfide) groups is 1. The second kappa shape index (κ2) is 6.78. The molecule has 1 aromatic rings. The van der Waals surface area contributed by atoms with Crippen LogP contribution in [0.2, 0.25) is 5.02 Å². The summed E-state index contributed by atoms with van der Waals surface area (Å²) in [5.74, 6) is 0.782. The molecule has 0 aliphatic heterocycles. The summed E-state index contributed by atoms with van der Waals surface area (Å²) < 4.78 is 4.80. The fourth-order valence-corrected chi connectivity index (χ4v) is 1.97. The number of rotatable bonds is 5. The normalized spacial score (nSPS) is 12.2. The van der Waals surface area contributed by atoms with Gasteiger partial charge in [-0.1, -0.05) is 23.7 Å². The molecular weight excluding hydrogens is 246 g/mol. The molecule has 1 rings (SSSR count). The monoisotopic (exact) mass is 259 g/mol. The highest BCUT2D eigenvalue weighted by molar-refractivity contribution is 7.99. The topological polar surface area (TPSA) is 52.3 Å². The van der Waals surface area contributed by atoms with Gasteiger partial charge in [-0.15, -0.1) is 11.8 Å². The maximum atomic E-state index is 11.2.